The van der Waals surface area contributed by atoms with Gasteiger partial charge in [-0.1, -0.05) is 18.2 Å². The number of anilines is 1. The summed E-state index contributed by atoms with van der Waals surface area (Å²) in [6.45, 7) is 3.62. The molecule has 0 spiro atoms. The molecule has 0 fully saturated rings. The molecule has 0 atom stereocenters. The summed E-state index contributed by atoms with van der Waals surface area (Å²) >= 11 is 0. The lowest BCUT2D eigenvalue weighted by Gasteiger charge is -2.11. The van der Waals surface area contributed by atoms with Crippen LogP contribution in [0.4, 0.5) is 5.69 Å². The zero-order valence-electron chi connectivity index (χ0n) is 14.8. The van der Waals surface area contributed by atoms with E-state index in [9.17, 15) is 18.5 Å². The second kappa shape index (κ2) is 7.13. The standard InChI is InChI=1S/C19H18N4O3S/c1-12-3-8-17(19-18(12)15(9-20)11-22-19)23-27(25,26)16-6-4-14(5-7-16)10-21-13(2)24/h3-8,11,22-23H,10H2,1-2H3,(H,21,24). The zero-order chi connectivity index (χ0) is 19.6. The molecule has 0 saturated heterocycles. The molecule has 1 aromatic heterocycles. The van der Waals surface area contributed by atoms with Crippen molar-refractivity contribution in [3.63, 3.8) is 0 Å². The van der Waals surface area contributed by atoms with Crippen LogP contribution < -0.4 is 10.0 Å². The minimum absolute atomic E-state index is 0.106. The number of sulfonamides is 1. The molecule has 3 N–H and O–H groups in total. The van der Waals surface area contributed by atoms with E-state index < -0.39 is 10.0 Å². The maximum Gasteiger partial charge on any atom is 0.261 e. The summed E-state index contributed by atoms with van der Waals surface area (Å²) in [5.74, 6) is -0.153. The first-order chi connectivity index (χ1) is 12.8. The maximum absolute atomic E-state index is 12.7. The van der Waals surface area contributed by atoms with Gasteiger partial charge in [0.15, 0.2) is 0 Å². The maximum atomic E-state index is 12.7. The van der Waals surface area contributed by atoms with Gasteiger partial charge in [-0.05, 0) is 36.2 Å². The van der Waals surface area contributed by atoms with Gasteiger partial charge in [0.25, 0.3) is 10.0 Å². The molecule has 0 radical (unpaired) electrons. The molecule has 2 aromatic carbocycles. The molecular formula is C19H18N4O3S. The van der Waals surface area contributed by atoms with Crippen molar-refractivity contribution in [1.82, 2.24) is 10.3 Å². The van der Waals surface area contributed by atoms with Gasteiger partial charge in [0, 0.05) is 25.1 Å². The summed E-state index contributed by atoms with van der Waals surface area (Å²) in [5, 5.41) is 12.6. The van der Waals surface area contributed by atoms with Crippen LogP contribution in [0.5, 0.6) is 0 Å². The van der Waals surface area contributed by atoms with Gasteiger partial charge in [0.2, 0.25) is 5.91 Å². The van der Waals surface area contributed by atoms with Crippen molar-refractivity contribution in [2.75, 3.05) is 4.72 Å². The first kappa shape index (κ1) is 18.5. The smallest absolute Gasteiger partial charge is 0.261 e. The minimum Gasteiger partial charge on any atom is -0.358 e. The number of nitrogens with zero attached hydrogens (tertiary/aromatic N) is 1. The van der Waals surface area contributed by atoms with E-state index in [1.165, 1.54) is 19.1 Å². The summed E-state index contributed by atoms with van der Waals surface area (Å²) < 4.78 is 28.0. The molecule has 0 aliphatic carbocycles. The van der Waals surface area contributed by atoms with Gasteiger partial charge in [-0.3, -0.25) is 9.52 Å². The highest BCUT2D eigenvalue weighted by atomic mass is 32.2. The third kappa shape index (κ3) is 3.78. The number of amides is 1. The van der Waals surface area contributed by atoms with Gasteiger partial charge in [0.1, 0.15) is 6.07 Å². The second-order valence-electron chi connectivity index (χ2n) is 6.15. The van der Waals surface area contributed by atoms with Gasteiger partial charge < -0.3 is 10.3 Å². The van der Waals surface area contributed by atoms with Crippen molar-refractivity contribution < 1.29 is 13.2 Å². The van der Waals surface area contributed by atoms with E-state index in [0.717, 1.165) is 11.1 Å². The molecule has 3 aromatic rings. The first-order valence-corrected chi connectivity index (χ1v) is 9.67. The fourth-order valence-electron chi connectivity index (χ4n) is 2.81. The highest BCUT2D eigenvalue weighted by Crippen LogP contribution is 2.30. The van der Waals surface area contributed by atoms with Crippen LogP contribution >= 0.6 is 0 Å². The average Bonchev–Trinajstić information content (AvgIpc) is 3.08. The van der Waals surface area contributed by atoms with Gasteiger partial charge in [-0.2, -0.15) is 5.26 Å². The highest BCUT2D eigenvalue weighted by molar-refractivity contribution is 7.92. The largest absolute Gasteiger partial charge is 0.358 e. The minimum atomic E-state index is -3.80. The number of fused-ring (bicyclic) bond motifs is 1. The zero-order valence-corrected chi connectivity index (χ0v) is 15.6. The fourth-order valence-corrected chi connectivity index (χ4v) is 3.88. The Morgan fingerprint density at radius 2 is 1.89 bits per heavy atom. The number of nitrogens with one attached hydrogen (secondary N) is 3. The molecule has 27 heavy (non-hydrogen) atoms. The van der Waals surface area contributed by atoms with E-state index >= 15 is 0 Å². The molecule has 0 unspecified atom stereocenters. The first-order valence-electron chi connectivity index (χ1n) is 8.19. The summed E-state index contributed by atoms with van der Waals surface area (Å²) in [5.41, 5.74) is 3.08. The van der Waals surface area contributed by atoms with Crippen molar-refractivity contribution in [3.8, 4) is 6.07 Å². The molecule has 138 valence electrons. The van der Waals surface area contributed by atoms with Crippen molar-refractivity contribution in [1.29, 1.82) is 5.26 Å². The Bertz CT molecular complexity index is 1160. The number of aryl methyl sites for hydroxylation is 1. The van der Waals surface area contributed by atoms with Crippen LogP contribution in [0.1, 0.15) is 23.6 Å². The number of rotatable bonds is 5. The number of nitriles is 1. The molecule has 0 bridgehead atoms. The number of benzene rings is 2. The van der Waals surface area contributed by atoms with Crippen LogP contribution in [0.3, 0.4) is 0 Å². The van der Waals surface area contributed by atoms with Gasteiger partial charge in [-0.15, -0.1) is 0 Å². The van der Waals surface area contributed by atoms with E-state index in [4.69, 9.17) is 0 Å². The topological polar surface area (TPSA) is 115 Å². The van der Waals surface area contributed by atoms with Crippen LogP contribution in [0.2, 0.25) is 0 Å². The lowest BCUT2D eigenvalue weighted by Crippen LogP contribution is -2.19. The van der Waals surface area contributed by atoms with E-state index in [1.807, 2.05) is 6.92 Å². The Kier molecular flexibility index (Phi) is 4.88. The van der Waals surface area contributed by atoms with Crippen LogP contribution in [0.15, 0.2) is 47.5 Å². The summed E-state index contributed by atoms with van der Waals surface area (Å²) in [6, 6.07) is 11.8. The van der Waals surface area contributed by atoms with Crippen molar-refractivity contribution >= 4 is 32.5 Å². The molecule has 0 aliphatic rings. The Hall–Kier alpha value is -3.31. The molecule has 1 amide bonds. The van der Waals surface area contributed by atoms with E-state index in [-0.39, 0.29) is 10.8 Å². The fraction of sp³-hybridized carbons (Fsp3) is 0.158. The van der Waals surface area contributed by atoms with E-state index in [1.54, 1.807) is 30.5 Å². The quantitative estimate of drug-likeness (QED) is 0.629. The molecule has 7 nitrogen and oxygen atoms in total. The predicted molar refractivity (Wildman–Crippen MR) is 103 cm³/mol. The SMILES string of the molecule is CC(=O)NCc1ccc(S(=O)(=O)Nc2ccc(C)c3c(C#N)c[nH]c23)cc1. The van der Waals surface area contributed by atoms with Crippen LogP contribution in [0, 0.1) is 18.3 Å². The Balaban J connectivity index is 1.90. The predicted octanol–water partition coefficient (Wildman–Crippen LogP) is 2.78. The van der Waals surface area contributed by atoms with Crippen molar-refractivity contribution in [2.45, 2.75) is 25.3 Å². The number of carbonyl (C=O) groups is 1. The molecule has 0 aliphatic heterocycles. The Labute approximate surface area is 157 Å². The normalized spacial score (nSPS) is 11.1. The van der Waals surface area contributed by atoms with Crippen molar-refractivity contribution in [2.24, 2.45) is 0 Å². The summed E-state index contributed by atoms with van der Waals surface area (Å²) in [7, 11) is -3.80. The Morgan fingerprint density at radius 1 is 1.19 bits per heavy atom. The lowest BCUT2D eigenvalue weighted by atomic mass is 10.1. The van der Waals surface area contributed by atoms with E-state index in [0.29, 0.717) is 28.7 Å². The summed E-state index contributed by atoms with van der Waals surface area (Å²) in [4.78, 5) is 14.0. The highest BCUT2D eigenvalue weighted by Gasteiger charge is 2.18. The summed E-state index contributed by atoms with van der Waals surface area (Å²) in [6.07, 6.45) is 1.56. The van der Waals surface area contributed by atoms with Gasteiger partial charge in [0.05, 0.1) is 21.7 Å². The molecule has 8 heteroatoms. The second-order valence-corrected chi connectivity index (χ2v) is 7.84. The lowest BCUT2D eigenvalue weighted by molar-refractivity contribution is -0.119. The monoisotopic (exact) mass is 382 g/mol. The molecule has 3 rings (SSSR count). The third-order valence-corrected chi connectivity index (χ3v) is 5.57. The molecular weight excluding hydrogens is 364 g/mol. The third-order valence-electron chi connectivity index (χ3n) is 4.18. The van der Waals surface area contributed by atoms with Crippen LogP contribution in [-0.2, 0) is 21.4 Å². The van der Waals surface area contributed by atoms with Crippen molar-refractivity contribution in [3.05, 3.63) is 59.3 Å². The van der Waals surface area contributed by atoms with E-state index in [2.05, 4.69) is 21.1 Å². The number of carbonyl (C=O) groups excluding carboxylic acids is 1. The molecule has 1 heterocycles. The average molecular weight is 382 g/mol. The van der Waals surface area contributed by atoms with Crippen LogP contribution in [-0.4, -0.2) is 19.3 Å². The number of hydrogen-bond acceptors (Lipinski definition) is 4. The Morgan fingerprint density at radius 3 is 2.52 bits per heavy atom. The van der Waals surface area contributed by atoms with Gasteiger partial charge in [-0.25, -0.2) is 8.42 Å². The van der Waals surface area contributed by atoms with Crippen LogP contribution in [0.25, 0.3) is 10.9 Å². The number of hydrogen-bond donors (Lipinski definition) is 3. The van der Waals surface area contributed by atoms with Gasteiger partial charge >= 0.3 is 0 Å². The molecule has 0 saturated carbocycles. The number of H-pyrrole nitrogens is 1. The number of aromatic nitrogens is 1. The number of aromatic amines is 1.